The Balaban J connectivity index is 0.000000574. The number of H-pyrrole nitrogens is 2. The summed E-state index contributed by atoms with van der Waals surface area (Å²) in [5.74, 6) is 0. The minimum absolute atomic E-state index is 0.109. The lowest BCUT2D eigenvalue weighted by atomic mass is 10.1. The van der Waals surface area contributed by atoms with Crippen LogP contribution in [0.1, 0.15) is 31.4 Å². The fraction of sp³-hybridized carbons (Fsp3) is 0.500. The SMILES string of the molecule is CO.C[C@@H]1CC[C@H](c2c[nH]c3c(=O)[nH]cnc23)N1. The Kier molecular flexibility index (Phi) is 3.78. The van der Waals surface area contributed by atoms with Crippen LogP contribution < -0.4 is 10.9 Å². The van der Waals surface area contributed by atoms with Crippen LogP contribution in [0.3, 0.4) is 0 Å². The summed E-state index contributed by atoms with van der Waals surface area (Å²) in [5.41, 5.74) is 2.35. The van der Waals surface area contributed by atoms with Crippen molar-refractivity contribution in [1.82, 2.24) is 20.3 Å². The normalized spacial score (nSPS) is 22.8. The number of rotatable bonds is 1. The molecule has 6 nitrogen and oxygen atoms in total. The zero-order valence-corrected chi connectivity index (χ0v) is 10.5. The standard InChI is InChI=1S/C11H14N4O.CH4O/c1-6-2-3-8(15-6)7-4-12-10-9(7)13-5-14-11(10)16;1-2/h4-6,8,12,15H,2-3H2,1H3,(H,13,14,16);2H,1H3/t6-,8-;/m1./s1. The van der Waals surface area contributed by atoms with Gasteiger partial charge < -0.3 is 20.4 Å². The molecule has 0 saturated carbocycles. The Morgan fingerprint density at radius 1 is 1.33 bits per heavy atom. The van der Waals surface area contributed by atoms with Crippen LogP contribution in [0.2, 0.25) is 0 Å². The summed E-state index contributed by atoms with van der Waals surface area (Å²) >= 11 is 0. The molecule has 1 saturated heterocycles. The third kappa shape index (κ3) is 2.16. The number of nitrogens with zero attached hydrogens (tertiary/aromatic N) is 1. The Morgan fingerprint density at radius 2 is 2.11 bits per heavy atom. The zero-order chi connectivity index (χ0) is 13.1. The largest absolute Gasteiger partial charge is 0.400 e. The highest BCUT2D eigenvalue weighted by molar-refractivity contribution is 5.78. The Bertz CT molecular complexity index is 575. The van der Waals surface area contributed by atoms with Crippen molar-refractivity contribution in [2.45, 2.75) is 31.8 Å². The van der Waals surface area contributed by atoms with Gasteiger partial charge in [0.2, 0.25) is 0 Å². The van der Waals surface area contributed by atoms with E-state index in [0.717, 1.165) is 24.6 Å². The predicted octanol–water partition coefficient (Wildman–Crippen LogP) is 0.673. The number of hydrogen-bond donors (Lipinski definition) is 4. The first-order valence-corrected chi connectivity index (χ1v) is 6.01. The number of fused-ring (bicyclic) bond motifs is 1. The maximum absolute atomic E-state index is 11.5. The van der Waals surface area contributed by atoms with Crippen LogP contribution in [0.15, 0.2) is 17.3 Å². The van der Waals surface area contributed by atoms with Gasteiger partial charge in [-0.3, -0.25) is 4.79 Å². The maximum Gasteiger partial charge on any atom is 0.275 e. The molecule has 3 rings (SSSR count). The second-order valence-electron chi connectivity index (χ2n) is 4.40. The number of aliphatic hydroxyl groups is 1. The van der Waals surface area contributed by atoms with E-state index in [1.807, 2.05) is 6.20 Å². The third-order valence-electron chi connectivity index (χ3n) is 3.25. The maximum atomic E-state index is 11.5. The molecule has 0 amide bonds. The van der Waals surface area contributed by atoms with Crippen molar-refractivity contribution in [1.29, 1.82) is 0 Å². The van der Waals surface area contributed by atoms with E-state index < -0.39 is 0 Å². The Morgan fingerprint density at radius 3 is 2.78 bits per heavy atom. The molecule has 3 heterocycles. The van der Waals surface area contributed by atoms with Crippen LogP contribution >= 0.6 is 0 Å². The minimum Gasteiger partial charge on any atom is -0.400 e. The van der Waals surface area contributed by atoms with Crippen molar-refractivity contribution in [2.75, 3.05) is 7.11 Å². The average molecular weight is 250 g/mol. The van der Waals surface area contributed by atoms with Gasteiger partial charge in [0.1, 0.15) is 11.0 Å². The average Bonchev–Trinajstić information content (AvgIpc) is 2.98. The second kappa shape index (κ2) is 5.32. The molecular weight excluding hydrogens is 232 g/mol. The van der Waals surface area contributed by atoms with Crippen LogP contribution in [0.5, 0.6) is 0 Å². The molecule has 0 aliphatic carbocycles. The molecule has 2 atom stereocenters. The molecule has 2 aromatic heterocycles. The van der Waals surface area contributed by atoms with Crippen LogP contribution in [0.4, 0.5) is 0 Å². The highest BCUT2D eigenvalue weighted by Crippen LogP contribution is 2.29. The van der Waals surface area contributed by atoms with E-state index in [4.69, 9.17) is 5.11 Å². The molecule has 6 heteroatoms. The van der Waals surface area contributed by atoms with Crippen molar-refractivity contribution in [2.24, 2.45) is 0 Å². The van der Waals surface area contributed by atoms with Crippen LogP contribution in [0, 0.1) is 0 Å². The summed E-state index contributed by atoms with van der Waals surface area (Å²) in [7, 11) is 1.00. The molecule has 0 unspecified atom stereocenters. The van der Waals surface area contributed by atoms with Gasteiger partial charge in [-0.15, -0.1) is 0 Å². The van der Waals surface area contributed by atoms with Crippen molar-refractivity contribution in [3.63, 3.8) is 0 Å². The molecule has 1 aliphatic heterocycles. The fourth-order valence-electron chi connectivity index (χ4n) is 2.41. The summed E-state index contributed by atoms with van der Waals surface area (Å²) in [6, 6.07) is 0.856. The fourth-order valence-corrected chi connectivity index (χ4v) is 2.41. The minimum atomic E-state index is -0.109. The molecule has 0 radical (unpaired) electrons. The first-order chi connectivity index (χ1) is 8.75. The molecule has 4 N–H and O–H groups in total. The molecule has 18 heavy (non-hydrogen) atoms. The van der Waals surface area contributed by atoms with Crippen molar-refractivity contribution < 1.29 is 5.11 Å². The molecule has 1 fully saturated rings. The van der Waals surface area contributed by atoms with Crippen LogP contribution in [0.25, 0.3) is 11.0 Å². The van der Waals surface area contributed by atoms with Crippen molar-refractivity contribution in [3.8, 4) is 0 Å². The molecule has 0 aromatic carbocycles. The van der Waals surface area contributed by atoms with Gasteiger partial charge in [0.15, 0.2) is 0 Å². The van der Waals surface area contributed by atoms with Gasteiger partial charge in [0, 0.05) is 31.0 Å². The summed E-state index contributed by atoms with van der Waals surface area (Å²) in [6.45, 7) is 2.18. The van der Waals surface area contributed by atoms with Gasteiger partial charge in [-0.25, -0.2) is 4.98 Å². The van der Waals surface area contributed by atoms with Gasteiger partial charge in [-0.2, -0.15) is 0 Å². The zero-order valence-electron chi connectivity index (χ0n) is 10.5. The van der Waals surface area contributed by atoms with Gasteiger partial charge in [-0.05, 0) is 19.8 Å². The second-order valence-corrected chi connectivity index (χ2v) is 4.40. The topological polar surface area (TPSA) is 93.8 Å². The van der Waals surface area contributed by atoms with E-state index in [1.54, 1.807) is 0 Å². The number of aromatic amines is 2. The van der Waals surface area contributed by atoms with Gasteiger partial charge in [0.25, 0.3) is 5.56 Å². The van der Waals surface area contributed by atoms with Gasteiger partial charge in [0.05, 0.1) is 6.33 Å². The molecule has 2 aromatic rings. The quantitative estimate of drug-likeness (QED) is 0.598. The molecular formula is C12H18N4O2. The van der Waals surface area contributed by atoms with E-state index in [9.17, 15) is 4.79 Å². The number of nitrogens with one attached hydrogen (secondary N) is 3. The monoisotopic (exact) mass is 250 g/mol. The van der Waals surface area contributed by atoms with Crippen molar-refractivity contribution in [3.05, 3.63) is 28.4 Å². The van der Waals surface area contributed by atoms with E-state index in [2.05, 4.69) is 27.2 Å². The smallest absolute Gasteiger partial charge is 0.275 e. The summed E-state index contributed by atoms with van der Waals surface area (Å²) in [6.07, 6.45) is 5.62. The summed E-state index contributed by atoms with van der Waals surface area (Å²) < 4.78 is 0. The Hall–Kier alpha value is -1.66. The van der Waals surface area contributed by atoms with Crippen LogP contribution in [-0.4, -0.2) is 33.2 Å². The van der Waals surface area contributed by atoms with E-state index in [0.29, 0.717) is 17.6 Å². The van der Waals surface area contributed by atoms with Crippen molar-refractivity contribution >= 4 is 11.0 Å². The van der Waals surface area contributed by atoms with E-state index in [1.165, 1.54) is 12.7 Å². The number of aromatic nitrogens is 3. The number of hydrogen-bond acceptors (Lipinski definition) is 4. The van der Waals surface area contributed by atoms with E-state index in [-0.39, 0.29) is 5.56 Å². The highest BCUT2D eigenvalue weighted by Gasteiger charge is 2.24. The highest BCUT2D eigenvalue weighted by atomic mass is 16.2. The number of aliphatic hydroxyl groups excluding tert-OH is 1. The Labute approximate surface area is 104 Å². The van der Waals surface area contributed by atoms with Gasteiger partial charge in [-0.1, -0.05) is 0 Å². The third-order valence-corrected chi connectivity index (χ3v) is 3.25. The lowest BCUT2D eigenvalue weighted by Crippen LogP contribution is -2.20. The lowest BCUT2D eigenvalue weighted by Gasteiger charge is -2.09. The van der Waals surface area contributed by atoms with Crippen LogP contribution in [-0.2, 0) is 0 Å². The molecule has 1 aliphatic rings. The molecule has 0 spiro atoms. The molecule has 98 valence electrons. The van der Waals surface area contributed by atoms with Gasteiger partial charge >= 0.3 is 0 Å². The predicted molar refractivity (Wildman–Crippen MR) is 69.4 cm³/mol. The first kappa shape index (κ1) is 12.8. The molecule has 0 bridgehead atoms. The summed E-state index contributed by atoms with van der Waals surface area (Å²) in [4.78, 5) is 21.3. The summed E-state index contributed by atoms with van der Waals surface area (Å²) in [5, 5.41) is 10.5. The lowest BCUT2D eigenvalue weighted by molar-refractivity contribution is 0.399. The first-order valence-electron chi connectivity index (χ1n) is 6.01. The van der Waals surface area contributed by atoms with E-state index >= 15 is 0 Å².